The fraction of sp³-hybridized carbons (Fsp3) is 0.571. The molecule has 3 rings (SSSR count). The van der Waals surface area contributed by atoms with E-state index in [1.807, 2.05) is 58.0 Å². The Balaban J connectivity index is 1.97. The average Bonchev–Trinajstić information content (AvgIpc) is 3.20. The van der Waals surface area contributed by atoms with E-state index >= 15 is 0 Å². The predicted molar refractivity (Wildman–Crippen MR) is 169 cm³/mol. The maximum absolute atomic E-state index is 13.0. The smallest absolute Gasteiger partial charge is 0.341 e. The number of aliphatic hydroxyl groups is 1. The maximum Gasteiger partial charge on any atom is 0.341 e. The van der Waals surface area contributed by atoms with Gasteiger partial charge >= 0.3 is 29.8 Å². The summed E-state index contributed by atoms with van der Waals surface area (Å²) in [7, 11) is 0. The van der Waals surface area contributed by atoms with Crippen molar-refractivity contribution in [3.05, 3.63) is 60.2 Å². The Morgan fingerprint density at radius 2 is 1.69 bits per heavy atom. The molecule has 2 bridgehead atoms. The summed E-state index contributed by atoms with van der Waals surface area (Å²) in [5.74, 6) is -12.3. The number of benzene rings is 1. The molecule has 0 aliphatic carbocycles. The number of allylic oxidation sites excluding steroid dienone is 1. The lowest BCUT2D eigenvalue weighted by Crippen LogP contribution is -2.66. The maximum atomic E-state index is 13.0. The van der Waals surface area contributed by atoms with Gasteiger partial charge in [0, 0.05) is 25.3 Å². The highest BCUT2D eigenvalue weighted by Gasteiger charge is 2.79. The minimum absolute atomic E-state index is 0.0665. The molecule has 2 aliphatic heterocycles. The van der Waals surface area contributed by atoms with Crippen molar-refractivity contribution in [1.82, 2.24) is 0 Å². The normalized spacial score (nSPS) is 29.0. The minimum Gasteiger partial charge on any atom is -0.481 e. The number of ether oxygens (including phenoxy) is 4. The van der Waals surface area contributed by atoms with Gasteiger partial charge in [0.25, 0.3) is 0 Å². The summed E-state index contributed by atoms with van der Waals surface area (Å²) in [6.45, 7) is 13.1. The molecular weight excluding hydrogens is 628 g/mol. The van der Waals surface area contributed by atoms with Gasteiger partial charge in [0.2, 0.25) is 11.4 Å². The standard InChI is InChI=1S/C35H46O13/c1-7-19(2)17-20(3)13-14-25(37)46-30-29(38)34(47-28(32(41)42)26(31(39)40)35(30,48-34)33(43)44)16-15-21(4)27(45-23(6)36)22(5)18-24-11-9-8-10-12-24/h8-14,19-20,22,26-30,38H,4,7,15-18H2,1-3,5-6H3,(H,39,40)(H,41,42)(H,43,44)/b14-13+/t19-,20+,22+,26-,27+,28-,29+,30+,34-,35-/m0/s1. The zero-order valence-electron chi connectivity index (χ0n) is 27.9. The van der Waals surface area contributed by atoms with Crippen LogP contribution in [0.2, 0.25) is 0 Å². The molecule has 0 saturated carbocycles. The van der Waals surface area contributed by atoms with Gasteiger partial charge in [0.15, 0.2) is 12.2 Å². The lowest BCUT2D eigenvalue weighted by Gasteiger charge is -2.44. The molecule has 13 heteroatoms. The molecule has 4 N–H and O–H groups in total. The summed E-state index contributed by atoms with van der Waals surface area (Å²) in [6.07, 6.45) is -3.35. The molecule has 10 atom stereocenters. The van der Waals surface area contributed by atoms with E-state index in [1.165, 1.54) is 6.92 Å². The third-order valence-corrected chi connectivity index (χ3v) is 9.12. The van der Waals surface area contributed by atoms with Gasteiger partial charge in [-0.05, 0) is 42.2 Å². The highest BCUT2D eigenvalue weighted by molar-refractivity contribution is 5.93. The first-order valence-corrected chi connectivity index (χ1v) is 16.0. The number of rotatable bonds is 17. The molecule has 1 aromatic rings. The van der Waals surface area contributed by atoms with Crippen LogP contribution in [0.25, 0.3) is 0 Å². The van der Waals surface area contributed by atoms with Gasteiger partial charge in [0.1, 0.15) is 18.1 Å². The number of aliphatic hydroxyl groups excluding tert-OH is 1. The van der Waals surface area contributed by atoms with Crippen LogP contribution in [0.5, 0.6) is 0 Å². The summed E-state index contributed by atoms with van der Waals surface area (Å²) >= 11 is 0. The Kier molecular flexibility index (Phi) is 12.7. The van der Waals surface area contributed by atoms with Gasteiger partial charge in [-0.2, -0.15) is 0 Å². The molecule has 0 spiro atoms. The third-order valence-electron chi connectivity index (χ3n) is 9.12. The van der Waals surface area contributed by atoms with Crippen LogP contribution >= 0.6 is 0 Å². The Morgan fingerprint density at radius 3 is 2.23 bits per heavy atom. The number of carbonyl (C=O) groups excluding carboxylic acids is 2. The van der Waals surface area contributed by atoms with Gasteiger partial charge in [-0.1, -0.05) is 77.1 Å². The van der Waals surface area contributed by atoms with E-state index in [0.29, 0.717) is 17.9 Å². The molecule has 0 aromatic heterocycles. The number of carboxylic acids is 3. The van der Waals surface area contributed by atoms with Crippen molar-refractivity contribution in [3.63, 3.8) is 0 Å². The largest absolute Gasteiger partial charge is 0.481 e. The lowest BCUT2D eigenvalue weighted by atomic mass is 9.78. The van der Waals surface area contributed by atoms with E-state index in [-0.39, 0.29) is 18.3 Å². The van der Waals surface area contributed by atoms with Crippen molar-refractivity contribution in [1.29, 1.82) is 0 Å². The Bertz CT molecular complexity index is 1390. The highest BCUT2D eigenvalue weighted by Crippen LogP contribution is 2.54. The fourth-order valence-electron chi connectivity index (χ4n) is 6.56. The molecule has 0 radical (unpaired) electrons. The van der Waals surface area contributed by atoms with E-state index in [0.717, 1.165) is 24.5 Å². The Hall–Kier alpha value is -4.07. The second kappa shape index (κ2) is 15.9. The first-order chi connectivity index (χ1) is 22.5. The number of carbonyl (C=O) groups is 5. The van der Waals surface area contributed by atoms with Gasteiger partial charge in [-0.15, -0.1) is 0 Å². The van der Waals surface area contributed by atoms with Crippen LogP contribution in [0.15, 0.2) is 54.6 Å². The summed E-state index contributed by atoms with van der Waals surface area (Å²) in [4.78, 5) is 62.8. The molecule has 2 saturated heterocycles. The Morgan fingerprint density at radius 1 is 1.04 bits per heavy atom. The fourth-order valence-corrected chi connectivity index (χ4v) is 6.56. The highest BCUT2D eigenvalue weighted by atomic mass is 16.8. The SMILES string of the molecule is C=C(CC[C@]12O[C@H](C(=O)O)[C@@H](C(=O)O)[C@](C(=O)O)(O1)[C@H](OC(=O)/C=C/[C@@H](C)C[C@@H](C)CC)[C@H]2O)[C@@H](OC(C)=O)[C@H](C)Cc1ccccc1. The van der Waals surface area contributed by atoms with Crippen molar-refractivity contribution in [2.75, 3.05) is 0 Å². The van der Waals surface area contributed by atoms with Crippen LogP contribution in [-0.4, -0.2) is 86.1 Å². The summed E-state index contributed by atoms with van der Waals surface area (Å²) in [5.41, 5.74) is -1.77. The van der Waals surface area contributed by atoms with E-state index in [9.17, 15) is 44.4 Å². The molecule has 2 fully saturated rings. The predicted octanol–water partition coefficient (Wildman–Crippen LogP) is 3.77. The van der Waals surface area contributed by atoms with Crippen molar-refractivity contribution >= 4 is 29.8 Å². The van der Waals surface area contributed by atoms with E-state index < -0.39 is 78.0 Å². The summed E-state index contributed by atoms with van der Waals surface area (Å²) in [6, 6.07) is 9.39. The topological polar surface area (TPSA) is 203 Å². The molecule has 0 amide bonds. The molecule has 2 heterocycles. The zero-order valence-corrected chi connectivity index (χ0v) is 27.9. The number of carboxylic acid groups (broad SMARTS) is 3. The molecule has 1 aromatic carbocycles. The average molecular weight is 675 g/mol. The van der Waals surface area contributed by atoms with Crippen LogP contribution in [0, 0.1) is 23.7 Å². The molecule has 2 aliphatic rings. The molecule has 48 heavy (non-hydrogen) atoms. The van der Waals surface area contributed by atoms with Crippen molar-refractivity contribution < 1.29 is 63.3 Å². The molecule has 264 valence electrons. The zero-order chi connectivity index (χ0) is 36.0. The van der Waals surface area contributed by atoms with E-state index in [2.05, 4.69) is 6.58 Å². The monoisotopic (exact) mass is 674 g/mol. The lowest BCUT2D eigenvalue weighted by molar-refractivity contribution is -0.342. The Labute approximate surface area is 279 Å². The van der Waals surface area contributed by atoms with Gasteiger partial charge in [-0.3, -0.25) is 9.59 Å². The first kappa shape index (κ1) is 38.4. The van der Waals surface area contributed by atoms with E-state index in [4.69, 9.17) is 18.9 Å². The van der Waals surface area contributed by atoms with Gasteiger partial charge in [0.05, 0.1) is 0 Å². The van der Waals surface area contributed by atoms with Gasteiger partial charge < -0.3 is 39.4 Å². The number of hydrogen-bond donors (Lipinski definition) is 4. The number of aliphatic carboxylic acids is 3. The van der Waals surface area contributed by atoms with Crippen LogP contribution in [0.1, 0.15) is 65.9 Å². The van der Waals surface area contributed by atoms with Crippen LogP contribution in [0.4, 0.5) is 0 Å². The summed E-state index contributed by atoms with van der Waals surface area (Å²) < 4.78 is 22.5. The molecule has 0 unspecified atom stereocenters. The van der Waals surface area contributed by atoms with Gasteiger partial charge in [-0.25, -0.2) is 14.4 Å². The molecule has 13 nitrogen and oxygen atoms in total. The second-order valence-corrected chi connectivity index (χ2v) is 12.9. The van der Waals surface area contributed by atoms with E-state index in [1.54, 1.807) is 6.08 Å². The third kappa shape index (κ3) is 8.31. The van der Waals surface area contributed by atoms with Crippen molar-refractivity contribution in [3.8, 4) is 0 Å². The van der Waals surface area contributed by atoms with Crippen LogP contribution in [0.3, 0.4) is 0 Å². The summed E-state index contributed by atoms with van der Waals surface area (Å²) in [5, 5.41) is 42.1. The van der Waals surface area contributed by atoms with Crippen LogP contribution in [-0.2, 0) is 49.3 Å². The minimum atomic E-state index is -3.05. The van der Waals surface area contributed by atoms with Crippen molar-refractivity contribution in [2.45, 2.75) is 103 Å². The van der Waals surface area contributed by atoms with Crippen LogP contribution < -0.4 is 0 Å². The quantitative estimate of drug-likeness (QED) is 0.106. The number of hydrogen-bond acceptors (Lipinski definition) is 10. The van der Waals surface area contributed by atoms with Crippen molar-refractivity contribution in [2.24, 2.45) is 23.7 Å². The molecular formula is C35H46O13. The first-order valence-electron chi connectivity index (χ1n) is 16.0. The second-order valence-electron chi connectivity index (χ2n) is 12.9. The number of esters is 2. The number of fused-ring (bicyclic) bond motifs is 2.